The topological polar surface area (TPSA) is 53.1 Å². The molecule has 0 amide bonds. The van der Waals surface area contributed by atoms with E-state index >= 15 is 0 Å². The van der Waals surface area contributed by atoms with Crippen LogP contribution in [0.5, 0.6) is 0 Å². The normalized spacial score (nSPS) is 13.2. The molecule has 1 heterocycles. The molecule has 1 rings (SSSR count). The van der Waals surface area contributed by atoms with Gasteiger partial charge in [-0.05, 0) is 25.8 Å². The summed E-state index contributed by atoms with van der Waals surface area (Å²) in [4.78, 5) is 0. The third-order valence-electron chi connectivity index (χ3n) is 2.92. The van der Waals surface area contributed by atoms with E-state index in [4.69, 9.17) is 10.5 Å². The number of alkyl halides is 2. The second kappa shape index (κ2) is 8.22. The van der Waals surface area contributed by atoms with Crippen molar-refractivity contribution < 1.29 is 13.5 Å². The van der Waals surface area contributed by atoms with Gasteiger partial charge in [-0.25, -0.2) is 8.78 Å². The maximum atomic E-state index is 11.9. The van der Waals surface area contributed by atoms with Crippen molar-refractivity contribution in [2.24, 2.45) is 5.73 Å². The summed E-state index contributed by atoms with van der Waals surface area (Å²) in [6, 6.07) is 1.97. The number of nitrogens with zero attached hydrogens (tertiary/aromatic N) is 2. The zero-order valence-corrected chi connectivity index (χ0v) is 11.6. The number of nitrogens with two attached hydrogens (primary N) is 1. The first-order valence-electron chi connectivity index (χ1n) is 6.73. The van der Waals surface area contributed by atoms with Gasteiger partial charge in [0.1, 0.15) is 6.61 Å². The van der Waals surface area contributed by atoms with Crippen LogP contribution >= 0.6 is 0 Å². The highest BCUT2D eigenvalue weighted by atomic mass is 19.3. The summed E-state index contributed by atoms with van der Waals surface area (Å²) < 4.78 is 30.5. The van der Waals surface area contributed by atoms with Gasteiger partial charge < -0.3 is 10.5 Å². The predicted molar refractivity (Wildman–Crippen MR) is 70.4 cm³/mol. The molecule has 0 aliphatic heterocycles. The molecule has 0 radical (unpaired) electrons. The van der Waals surface area contributed by atoms with Crippen LogP contribution in [0.1, 0.15) is 31.7 Å². The summed E-state index contributed by atoms with van der Waals surface area (Å²) in [5, 5.41) is 4.45. The van der Waals surface area contributed by atoms with Gasteiger partial charge in [0, 0.05) is 31.3 Å². The van der Waals surface area contributed by atoms with E-state index in [9.17, 15) is 8.78 Å². The Morgan fingerprint density at radius 1 is 1.42 bits per heavy atom. The third-order valence-corrected chi connectivity index (χ3v) is 2.92. The van der Waals surface area contributed by atoms with Gasteiger partial charge in [0.05, 0.1) is 5.69 Å². The molecule has 6 heteroatoms. The van der Waals surface area contributed by atoms with Crippen LogP contribution in [-0.4, -0.2) is 35.5 Å². The van der Waals surface area contributed by atoms with Crippen LogP contribution in [0, 0.1) is 0 Å². The molecular formula is C13H23F2N3O. The molecule has 0 aromatic carbocycles. The Labute approximate surface area is 112 Å². The Hall–Kier alpha value is -1.01. The van der Waals surface area contributed by atoms with Crippen molar-refractivity contribution in [3.63, 3.8) is 0 Å². The van der Waals surface area contributed by atoms with Crippen LogP contribution < -0.4 is 5.73 Å². The highest BCUT2D eigenvalue weighted by molar-refractivity contribution is 5.11. The van der Waals surface area contributed by atoms with Crippen molar-refractivity contribution >= 4 is 0 Å². The van der Waals surface area contributed by atoms with Crippen molar-refractivity contribution in [3.05, 3.63) is 17.5 Å². The Kier molecular flexibility index (Phi) is 6.94. The van der Waals surface area contributed by atoms with E-state index in [1.807, 2.05) is 11.6 Å². The van der Waals surface area contributed by atoms with Crippen LogP contribution in [0.15, 0.2) is 6.07 Å². The highest BCUT2D eigenvalue weighted by Gasteiger charge is 2.11. The largest absolute Gasteiger partial charge is 0.375 e. The van der Waals surface area contributed by atoms with Gasteiger partial charge in [-0.2, -0.15) is 5.10 Å². The van der Waals surface area contributed by atoms with Crippen molar-refractivity contribution in [2.75, 3.05) is 13.2 Å². The zero-order chi connectivity index (χ0) is 14.3. The van der Waals surface area contributed by atoms with Gasteiger partial charge in [-0.1, -0.05) is 6.92 Å². The number of hydrogen-bond donors (Lipinski definition) is 1. The molecular weight excluding hydrogens is 252 g/mol. The standard InChI is InChI=1S/C13H23F2N3O/c1-3-11-8-12(18(4-2)17-11)7-10(16)5-6-19-9-13(14)15/h8,10,13H,3-7,9,16H2,1-2H3. The Morgan fingerprint density at radius 2 is 2.16 bits per heavy atom. The number of hydrogen-bond acceptors (Lipinski definition) is 3. The highest BCUT2D eigenvalue weighted by Crippen LogP contribution is 2.09. The molecule has 0 aliphatic carbocycles. The van der Waals surface area contributed by atoms with E-state index in [0.29, 0.717) is 12.8 Å². The maximum absolute atomic E-state index is 11.9. The lowest BCUT2D eigenvalue weighted by atomic mass is 10.1. The Morgan fingerprint density at radius 3 is 2.74 bits per heavy atom. The minimum Gasteiger partial charge on any atom is -0.375 e. The Bertz CT molecular complexity index is 369. The lowest BCUT2D eigenvalue weighted by molar-refractivity contribution is 0.0152. The predicted octanol–water partition coefficient (Wildman–Crippen LogP) is 2.01. The van der Waals surface area contributed by atoms with Crippen LogP contribution in [0.4, 0.5) is 8.78 Å². The number of halogens is 2. The van der Waals surface area contributed by atoms with Gasteiger partial charge in [-0.3, -0.25) is 4.68 Å². The van der Waals surface area contributed by atoms with Crippen molar-refractivity contribution in [3.8, 4) is 0 Å². The number of aryl methyl sites for hydroxylation is 2. The lowest BCUT2D eigenvalue weighted by Gasteiger charge is -2.12. The van der Waals surface area contributed by atoms with E-state index in [-0.39, 0.29) is 12.6 Å². The molecule has 0 saturated carbocycles. The molecule has 2 N–H and O–H groups in total. The monoisotopic (exact) mass is 275 g/mol. The molecule has 19 heavy (non-hydrogen) atoms. The molecule has 110 valence electrons. The average Bonchev–Trinajstić information content (AvgIpc) is 2.76. The summed E-state index contributed by atoms with van der Waals surface area (Å²) in [5.41, 5.74) is 8.14. The van der Waals surface area contributed by atoms with Gasteiger partial charge >= 0.3 is 0 Å². The molecule has 0 aliphatic rings. The van der Waals surface area contributed by atoms with Crippen LogP contribution in [0.2, 0.25) is 0 Å². The number of aromatic nitrogens is 2. The maximum Gasteiger partial charge on any atom is 0.261 e. The summed E-state index contributed by atoms with van der Waals surface area (Å²) >= 11 is 0. The van der Waals surface area contributed by atoms with E-state index in [0.717, 1.165) is 24.4 Å². The third kappa shape index (κ3) is 5.65. The molecule has 0 saturated heterocycles. The molecule has 0 bridgehead atoms. The van der Waals surface area contributed by atoms with E-state index < -0.39 is 13.0 Å². The molecule has 0 spiro atoms. The molecule has 4 nitrogen and oxygen atoms in total. The molecule has 1 aromatic rings. The quantitative estimate of drug-likeness (QED) is 0.701. The number of ether oxygens (including phenoxy) is 1. The van der Waals surface area contributed by atoms with Crippen molar-refractivity contribution in [1.29, 1.82) is 0 Å². The van der Waals surface area contributed by atoms with Gasteiger partial charge in [0.2, 0.25) is 0 Å². The SMILES string of the molecule is CCc1cc(CC(N)CCOCC(F)F)n(CC)n1. The molecule has 1 atom stereocenters. The number of rotatable bonds is 9. The van der Waals surface area contributed by atoms with E-state index in [2.05, 4.69) is 18.1 Å². The molecule has 1 aromatic heterocycles. The smallest absolute Gasteiger partial charge is 0.261 e. The van der Waals surface area contributed by atoms with Crippen molar-refractivity contribution in [1.82, 2.24) is 9.78 Å². The van der Waals surface area contributed by atoms with Crippen LogP contribution in [0.25, 0.3) is 0 Å². The van der Waals surface area contributed by atoms with Gasteiger partial charge in [0.25, 0.3) is 6.43 Å². The first-order valence-corrected chi connectivity index (χ1v) is 6.73. The van der Waals surface area contributed by atoms with Crippen molar-refractivity contribution in [2.45, 2.75) is 52.1 Å². The van der Waals surface area contributed by atoms with Gasteiger partial charge in [0.15, 0.2) is 0 Å². The molecule has 0 fully saturated rings. The average molecular weight is 275 g/mol. The Balaban J connectivity index is 2.38. The minimum atomic E-state index is -2.41. The van der Waals surface area contributed by atoms with Crippen LogP contribution in [0.3, 0.4) is 0 Å². The lowest BCUT2D eigenvalue weighted by Crippen LogP contribution is -2.26. The first kappa shape index (κ1) is 16.0. The second-order valence-electron chi connectivity index (χ2n) is 4.52. The summed E-state index contributed by atoms with van der Waals surface area (Å²) in [5.74, 6) is 0. The minimum absolute atomic E-state index is 0.0932. The fraction of sp³-hybridized carbons (Fsp3) is 0.769. The van der Waals surface area contributed by atoms with Gasteiger partial charge in [-0.15, -0.1) is 0 Å². The fourth-order valence-corrected chi connectivity index (χ4v) is 1.90. The fourth-order valence-electron chi connectivity index (χ4n) is 1.90. The zero-order valence-electron chi connectivity index (χ0n) is 11.6. The summed E-state index contributed by atoms with van der Waals surface area (Å²) in [6.45, 7) is 4.66. The first-order chi connectivity index (χ1) is 9.06. The van der Waals surface area contributed by atoms with E-state index in [1.165, 1.54) is 0 Å². The van der Waals surface area contributed by atoms with E-state index in [1.54, 1.807) is 0 Å². The summed E-state index contributed by atoms with van der Waals surface area (Å²) in [6.07, 6.45) is -0.251. The summed E-state index contributed by atoms with van der Waals surface area (Å²) in [7, 11) is 0. The van der Waals surface area contributed by atoms with Crippen LogP contribution in [-0.2, 0) is 24.1 Å². The molecule has 1 unspecified atom stereocenters. The second-order valence-corrected chi connectivity index (χ2v) is 4.52.